The second-order valence-corrected chi connectivity index (χ2v) is 6.33. The van der Waals surface area contributed by atoms with E-state index in [0.717, 1.165) is 0 Å². The van der Waals surface area contributed by atoms with Crippen molar-refractivity contribution in [1.29, 1.82) is 0 Å². The lowest BCUT2D eigenvalue weighted by molar-refractivity contribution is -0.118. The molecular weight excluding hydrogens is 412 g/mol. The summed E-state index contributed by atoms with van der Waals surface area (Å²) in [5.41, 5.74) is 1.44. The molecule has 156 valence electrons. The van der Waals surface area contributed by atoms with E-state index < -0.39 is 5.97 Å². The highest BCUT2D eigenvalue weighted by atomic mass is 35.5. The lowest BCUT2D eigenvalue weighted by atomic mass is 10.1. The minimum absolute atomic E-state index is 0.0617. The number of rotatable bonds is 8. The van der Waals surface area contributed by atoms with Crippen LogP contribution in [0.1, 0.15) is 17.4 Å². The first-order chi connectivity index (χ1) is 14.5. The van der Waals surface area contributed by atoms with Crippen molar-refractivity contribution in [2.45, 2.75) is 6.92 Å². The average Bonchev–Trinajstić information content (AvgIpc) is 3.24. The molecule has 1 heterocycles. The van der Waals surface area contributed by atoms with Crippen LogP contribution in [-0.2, 0) is 9.53 Å². The second kappa shape index (κ2) is 9.75. The summed E-state index contributed by atoms with van der Waals surface area (Å²) >= 11 is 6.03. The fraction of sp³-hybridized carbons (Fsp3) is 0.200. The normalized spacial score (nSPS) is 10.4. The van der Waals surface area contributed by atoms with Crippen molar-refractivity contribution in [1.82, 2.24) is 15.4 Å². The SMILES string of the molecule is CCOC(=O)c1n[nH]nc1-c1ccc(OCC(=O)Nc2ccccc2Cl)c(OC)c1. The number of nitrogens with zero attached hydrogens (tertiary/aromatic N) is 2. The molecule has 1 aromatic heterocycles. The number of nitrogens with one attached hydrogen (secondary N) is 2. The van der Waals surface area contributed by atoms with E-state index in [2.05, 4.69) is 20.7 Å². The minimum Gasteiger partial charge on any atom is -0.493 e. The highest BCUT2D eigenvalue weighted by Gasteiger charge is 2.20. The Kier molecular flexibility index (Phi) is 6.87. The maximum Gasteiger partial charge on any atom is 0.361 e. The number of hydrogen-bond acceptors (Lipinski definition) is 7. The number of esters is 1. The van der Waals surface area contributed by atoms with Gasteiger partial charge >= 0.3 is 5.97 Å². The molecule has 1 amide bonds. The highest BCUT2D eigenvalue weighted by molar-refractivity contribution is 6.33. The Balaban J connectivity index is 1.72. The van der Waals surface area contributed by atoms with Gasteiger partial charge < -0.3 is 19.5 Å². The molecule has 0 aliphatic heterocycles. The molecule has 0 aliphatic rings. The Bertz CT molecular complexity index is 1050. The maximum absolute atomic E-state index is 12.2. The third kappa shape index (κ3) is 4.87. The van der Waals surface area contributed by atoms with E-state index in [-0.39, 0.29) is 24.8 Å². The molecule has 9 nitrogen and oxygen atoms in total. The zero-order valence-electron chi connectivity index (χ0n) is 16.3. The van der Waals surface area contributed by atoms with Crippen LogP contribution in [0, 0.1) is 0 Å². The summed E-state index contributed by atoms with van der Waals surface area (Å²) in [6.45, 7) is 1.67. The lowest BCUT2D eigenvalue weighted by Crippen LogP contribution is -2.20. The molecular formula is C20H19ClN4O5. The Morgan fingerprint density at radius 1 is 1.13 bits per heavy atom. The molecule has 0 fully saturated rings. The van der Waals surface area contributed by atoms with Crippen LogP contribution in [0.2, 0.25) is 5.02 Å². The first kappa shape index (κ1) is 21.1. The van der Waals surface area contributed by atoms with Gasteiger partial charge in [-0.05, 0) is 37.3 Å². The van der Waals surface area contributed by atoms with Crippen LogP contribution in [0.4, 0.5) is 5.69 Å². The van der Waals surface area contributed by atoms with Crippen molar-refractivity contribution in [2.75, 3.05) is 25.6 Å². The predicted octanol–water partition coefficient (Wildman–Crippen LogP) is 3.33. The molecule has 2 N–H and O–H groups in total. The number of H-pyrrole nitrogens is 1. The van der Waals surface area contributed by atoms with Crippen LogP contribution < -0.4 is 14.8 Å². The van der Waals surface area contributed by atoms with E-state index in [0.29, 0.717) is 33.5 Å². The van der Waals surface area contributed by atoms with Crippen molar-refractivity contribution < 1.29 is 23.8 Å². The van der Waals surface area contributed by atoms with Gasteiger partial charge in [0.2, 0.25) is 0 Å². The molecule has 0 aliphatic carbocycles. The Hall–Kier alpha value is -3.59. The van der Waals surface area contributed by atoms with Crippen molar-refractivity contribution in [3.63, 3.8) is 0 Å². The van der Waals surface area contributed by atoms with E-state index in [9.17, 15) is 9.59 Å². The van der Waals surface area contributed by atoms with Gasteiger partial charge in [0.25, 0.3) is 5.91 Å². The van der Waals surface area contributed by atoms with Crippen LogP contribution in [0.15, 0.2) is 42.5 Å². The monoisotopic (exact) mass is 430 g/mol. The van der Waals surface area contributed by atoms with Gasteiger partial charge in [0.05, 0.1) is 24.4 Å². The van der Waals surface area contributed by atoms with E-state index in [4.69, 9.17) is 25.8 Å². The topological polar surface area (TPSA) is 115 Å². The average molecular weight is 431 g/mol. The summed E-state index contributed by atoms with van der Waals surface area (Å²) < 4.78 is 15.9. The van der Waals surface area contributed by atoms with Crippen molar-refractivity contribution in [3.05, 3.63) is 53.2 Å². The lowest BCUT2D eigenvalue weighted by Gasteiger charge is -2.12. The maximum atomic E-state index is 12.2. The van der Waals surface area contributed by atoms with Gasteiger partial charge in [0.15, 0.2) is 23.8 Å². The summed E-state index contributed by atoms with van der Waals surface area (Å²) in [5.74, 6) is -0.264. The van der Waals surface area contributed by atoms with Crippen LogP contribution in [0.5, 0.6) is 11.5 Å². The number of carbonyl (C=O) groups is 2. The van der Waals surface area contributed by atoms with Crippen LogP contribution in [0.3, 0.4) is 0 Å². The molecule has 0 saturated heterocycles. The highest BCUT2D eigenvalue weighted by Crippen LogP contribution is 2.33. The van der Waals surface area contributed by atoms with E-state index in [1.807, 2.05) is 0 Å². The molecule has 0 radical (unpaired) electrons. The molecule has 0 unspecified atom stereocenters. The van der Waals surface area contributed by atoms with Crippen LogP contribution in [0.25, 0.3) is 11.3 Å². The number of ether oxygens (including phenoxy) is 3. The van der Waals surface area contributed by atoms with Crippen molar-refractivity contribution >= 4 is 29.2 Å². The van der Waals surface area contributed by atoms with Gasteiger partial charge in [-0.1, -0.05) is 23.7 Å². The second-order valence-electron chi connectivity index (χ2n) is 5.92. The molecule has 10 heteroatoms. The quantitative estimate of drug-likeness (QED) is 0.526. The number of carbonyl (C=O) groups excluding carboxylic acids is 2. The first-order valence-corrected chi connectivity index (χ1v) is 9.34. The van der Waals surface area contributed by atoms with E-state index in [1.165, 1.54) is 7.11 Å². The standard InChI is InChI=1S/C20H19ClN4O5/c1-3-29-20(27)19-18(23-25-24-19)12-8-9-15(16(10-12)28-2)30-11-17(26)22-14-7-5-4-6-13(14)21/h4-10H,3,11H2,1-2H3,(H,22,26)(H,23,24,25). The van der Waals surface area contributed by atoms with Gasteiger partial charge in [0, 0.05) is 5.56 Å². The van der Waals surface area contributed by atoms with Crippen molar-refractivity contribution in [3.8, 4) is 22.8 Å². The molecule has 30 heavy (non-hydrogen) atoms. The molecule has 3 rings (SSSR count). The smallest absolute Gasteiger partial charge is 0.361 e. The summed E-state index contributed by atoms with van der Waals surface area (Å²) in [6.07, 6.45) is 0. The molecule has 0 spiro atoms. The fourth-order valence-corrected chi connectivity index (χ4v) is 2.78. The first-order valence-electron chi connectivity index (χ1n) is 8.97. The Morgan fingerprint density at radius 2 is 1.93 bits per heavy atom. The largest absolute Gasteiger partial charge is 0.493 e. The molecule has 0 bridgehead atoms. The molecule has 0 atom stereocenters. The van der Waals surface area contributed by atoms with E-state index in [1.54, 1.807) is 49.4 Å². The number of halogens is 1. The summed E-state index contributed by atoms with van der Waals surface area (Å²) in [5, 5.41) is 13.4. The van der Waals surface area contributed by atoms with Gasteiger partial charge in [-0.2, -0.15) is 10.3 Å². The number of aromatic nitrogens is 3. The molecule has 3 aromatic rings. The summed E-state index contributed by atoms with van der Waals surface area (Å²) in [7, 11) is 1.46. The molecule has 0 saturated carbocycles. The number of amides is 1. The Labute approximate surface area is 177 Å². The zero-order chi connectivity index (χ0) is 21.5. The third-order valence-electron chi connectivity index (χ3n) is 3.96. The third-order valence-corrected chi connectivity index (χ3v) is 4.29. The fourth-order valence-electron chi connectivity index (χ4n) is 2.60. The number of anilines is 1. The van der Waals surface area contributed by atoms with Crippen molar-refractivity contribution in [2.24, 2.45) is 0 Å². The minimum atomic E-state index is -0.586. The van der Waals surface area contributed by atoms with Gasteiger partial charge in [-0.15, -0.1) is 5.10 Å². The van der Waals surface area contributed by atoms with Gasteiger partial charge in [0.1, 0.15) is 5.69 Å². The van der Waals surface area contributed by atoms with Gasteiger partial charge in [-0.25, -0.2) is 4.79 Å². The number of aromatic amines is 1. The number of benzene rings is 2. The number of para-hydroxylation sites is 1. The number of methoxy groups -OCH3 is 1. The summed E-state index contributed by atoms with van der Waals surface area (Å²) in [4.78, 5) is 24.2. The van der Waals surface area contributed by atoms with Crippen LogP contribution in [-0.4, -0.2) is 47.6 Å². The molecule has 2 aromatic carbocycles. The summed E-state index contributed by atoms with van der Waals surface area (Å²) in [6, 6.07) is 11.8. The van der Waals surface area contributed by atoms with Gasteiger partial charge in [-0.3, -0.25) is 4.79 Å². The zero-order valence-corrected chi connectivity index (χ0v) is 17.0. The predicted molar refractivity (Wildman–Crippen MR) is 110 cm³/mol. The number of hydrogen-bond donors (Lipinski definition) is 2. The van der Waals surface area contributed by atoms with E-state index >= 15 is 0 Å². The van der Waals surface area contributed by atoms with Crippen LogP contribution >= 0.6 is 11.6 Å². The Morgan fingerprint density at radius 3 is 2.67 bits per heavy atom.